The molecule has 1 heterocycles. The zero-order valence-corrected chi connectivity index (χ0v) is 17.5. The topological polar surface area (TPSA) is 79.0 Å². The Balaban J connectivity index is 1.97. The van der Waals surface area contributed by atoms with Crippen molar-refractivity contribution in [1.29, 1.82) is 0 Å². The van der Waals surface area contributed by atoms with Crippen LogP contribution >= 0.6 is 0 Å². The molecule has 1 amide bonds. The molecule has 8 heteroatoms. The van der Waals surface area contributed by atoms with Crippen molar-refractivity contribution in [2.75, 3.05) is 39.3 Å². The lowest BCUT2D eigenvalue weighted by Gasteiger charge is -2.33. The fraction of sp³-hybridized carbons (Fsp3) is 0.632. The second-order valence-electron chi connectivity index (χ2n) is 7.21. The highest BCUT2D eigenvalue weighted by molar-refractivity contribution is 7.89. The van der Waals surface area contributed by atoms with Crippen LogP contribution < -0.4 is 10.1 Å². The summed E-state index contributed by atoms with van der Waals surface area (Å²) in [5, 5.41) is 2.82. The van der Waals surface area contributed by atoms with Gasteiger partial charge in [-0.2, -0.15) is 4.31 Å². The average Bonchev–Trinajstić information content (AvgIpc) is 2.66. The highest BCUT2D eigenvalue weighted by Gasteiger charge is 2.28. The Bertz CT molecular complexity index is 711. The number of amides is 1. The largest absolute Gasteiger partial charge is 0.481 e. The molecule has 0 bridgehead atoms. The summed E-state index contributed by atoms with van der Waals surface area (Å²) in [4.78, 5) is 14.5. The summed E-state index contributed by atoms with van der Waals surface area (Å²) in [6.07, 6.45) is -0.645. The van der Waals surface area contributed by atoms with Crippen LogP contribution in [-0.2, 0) is 14.8 Å². The van der Waals surface area contributed by atoms with E-state index < -0.39 is 16.1 Å². The lowest BCUT2D eigenvalue weighted by Crippen LogP contribution is -2.48. The fourth-order valence-electron chi connectivity index (χ4n) is 2.83. The minimum Gasteiger partial charge on any atom is -0.481 e. The summed E-state index contributed by atoms with van der Waals surface area (Å²) < 4.78 is 32.7. The molecule has 7 nitrogen and oxygen atoms in total. The fourth-order valence-corrected chi connectivity index (χ4v) is 4.25. The number of benzene rings is 1. The van der Waals surface area contributed by atoms with E-state index in [9.17, 15) is 13.2 Å². The van der Waals surface area contributed by atoms with Gasteiger partial charge in [0.1, 0.15) is 5.75 Å². The molecule has 0 aromatic heterocycles. The van der Waals surface area contributed by atoms with Gasteiger partial charge in [0.2, 0.25) is 10.0 Å². The first-order chi connectivity index (χ1) is 12.7. The molecular formula is C19H31N3O4S. The maximum atomic E-state index is 12.8. The van der Waals surface area contributed by atoms with Crippen molar-refractivity contribution in [2.45, 2.75) is 38.7 Å². The van der Waals surface area contributed by atoms with E-state index in [2.05, 4.69) is 17.1 Å². The van der Waals surface area contributed by atoms with Crippen molar-refractivity contribution >= 4 is 15.9 Å². The predicted octanol–water partition coefficient (Wildman–Crippen LogP) is 1.55. The summed E-state index contributed by atoms with van der Waals surface area (Å²) in [6.45, 7) is 11.8. The number of hydrogen-bond acceptors (Lipinski definition) is 5. The molecule has 1 atom stereocenters. The molecule has 0 radical (unpaired) electrons. The molecule has 1 saturated heterocycles. The quantitative estimate of drug-likeness (QED) is 0.720. The molecule has 1 fully saturated rings. The van der Waals surface area contributed by atoms with E-state index in [-0.39, 0.29) is 10.8 Å². The third kappa shape index (κ3) is 5.92. The molecule has 1 aliphatic rings. The maximum Gasteiger partial charge on any atom is 0.260 e. The van der Waals surface area contributed by atoms with Crippen LogP contribution in [0.25, 0.3) is 0 Å². The number of piperazine rings is 1. The van der Waals surface area contributed by atoms with Crippen LogP contribution in [0.2, 0.25) is 0 Å². The van der Waals surface area contributed by atoms with Gasteiger partial charge in [0.15, 0.2) is 6.10 Å². The van der Waals surface area contributed by atoms with Crippen molar-refractivity contribution in [1.82, 2.24) is 14.5 Å². The Kier molecular flexibility index (Phi) is 7.64. The number of likely N-dealkylation sites (N-methyl/N-ethyl adjacent to an activating group) is 1. The van der Waals surface area contributed by atoms with Crippen molar-refractivity contribution in [2.24, 2.45) is 5.92 Å². The second kappa shape index (κ2) is 9.52. The van der Waals surface area contributed by atoms with Crippen LogP contribution in [0, 0.1) is 5.92 Å². The summed E-state index contributed by atoms with van der Waals surface area (Å²) in [6, 6.07) is 6.27. The van der Waals surface area contributed by atoms with Gasteiger partial charge in [0.05, 0.1) is 4.90 Å². The van der Waals surface area contributed by atoms with Gasteiger partial charge in [-0.15, -0.1) is 0 Å². The molecule has 1 aromatic carbocycles. The molecule has 0 spiro atoms. The van der Waals surface area contributed by atoms with Crippen molar-refractivity contribution in [3.63, 3.8) is 0 Å². The minimum absolute atomic E-state index is 0.186. The van der Waals surface area contributed by atoms with Crippen LogP contribution in [0.5, 0.6) is 5.75 Å². The summed E-state index contributed by atoms with van der Waals surface area (Å²) >= 11 is 0. The molecule has 1 aliphatic heterocycles. The van der Waals surface area contributed by atoms with Crippen LogP contribution in [0.15, 0.2) is 29.2 Å². The number of carbonyl (C=O) groups excluding carboxylic acids is 1. The Morgan fingerprint density at radius 2 is 1.70 bits per heavy atom. The summed E-state index contributed by atoms with van der Waals surface area (Å²) in [5.41, 5.74) is 0. The first-order valence-corrected chi connectivity index (χ1v) is 10.9. The number of rotatable bonds is 8. The lowest BCUT2D eigenvalue weighted by atomic mass is 10.2. The SMILES string of the molecule is CCN1CCN(S(=O)(=O)c2ccc(O[C@H](C)C(=O)NCC(C)C)cc2)CC1. The van der Waals surface area contributed by atoms with Crippen molar-refractivity contribution < 1.29 is 17.9 Å². The van der Waals surface area contributed by atoms with E-state index in [1.165, 1.54) is 16.4 Å². The van der Waals surface area contributed by atoms with E-state index >= 15 is 0 Å². The predicted molar refractivity (Wildman–Crippen MR) is 105 cm³/mol. The first kappa shape index (κ1) is 21.7. The number of ether oxygens (including phenoxy) is 1. The maximum absolute atomic E-state index is 12.8. The average molecular weight is 398 g/mol. The van der Waals surface area contributed by atoms with Gasteiger partial charge >= 0.3 is 0 Å². The van der Waals surface area contributed by atoms with E-state index in [1.54, 1.807) is 19.1 Å². The van der Waals surface area contributed by atoms with Crippen molar-refractivity contribution in [3.8, 4) is 5.75 Å². The molecule has 0 saturated carbocycles. The van der Waals surface area contributed by atoms with E-state index in [4.69, 9.17) is 4.74 Å². The van der Waals surface area contributed by atoms with Crippen LogP contribution in [-0.4, -0.2) is 68.9 Å². The van der Waals surface area contributed by atoms with Gasteiger partial charge < -0.3 is 15.0 Å². The van der Waals surface area contributed by atoms with Gasteiger partial charge in [-0.3, -0.25) is 4.79 Å². The Hall–Kier alpha value is -1.64. The number of hydrogen-bond donors (Lipinski definition) is 1. The molecular weight excluding hydrogens is 366 g/mol. The number of nitrogens with zero attached hydrogens (tertiary/aromatic N) is 2. The van der Waals surface area contributed by atoms with Crippen molar-refractivity contribution in [3.05, 3.63) is 24.3 Å². The molecule has 1 N–H and O–H groups in total. The Labute approximate surface area is 162 Å². The van der Waals surface area contributed by atoms with Gasteiger partial charge in [-0.05, 0) is 43.7 Å². The van der Waals surface area contributed by atoms with E-state index in [1.807, 2.05) is 13.8 Å². The normalized spacial score (nSPS) is 17.7. The molecule has 27 heavy (non-hydrogen) atoms. The zero-order valence-electron chi connectivity index (χ0n) is 16.6. The smallest absolute Gasteiger partial charge is 0.260 e. The monoisotopic (exact) mass is 397 g/mol. The third-order valence-corrected chi connectivity index (χ3v) is 6.52. The Morgan fingerprint density at radius 3 is 2.22 bits per heavy atom. The standard InChI is InChI=1S/C19H31N3O4S/c1-5-21-10-12-22(13-11-21)27(24,25)18-8-6-17(7-9-18)26-16(4)19(23)20-14-15(2)3/h6-9,15-16H,5,10-14H2,1-4H3,(H,20,23)/t16-/m1/s1. The molecule has 0 aliphatic carbocycles. The summed E-state index contributed by atoms with van der Waals surface area (Å²) in [5.74, 6) is 0.649. The molecule has 152 valence electrons. The second-order valence-corrected chi connectivity index (χ2v) is 9.15. The van der Waals surface area contributed by atoms with Gasteiger partial charge in [0, 0.05) is 32.7 Å². The molecule has 0 unspecified atom stereocenters. The first-order valence-electron chi connectivity index (χ1n) is 9.51. The van der Waals surface area contributed by atoms with E-state index in [0.29, 0.717) is 31.3 Å². The molecule has 1 aromatic rings. The van der Waals surface area contributed by atoms with Crippen LogP contribution in [0.1, 0.15) is 27.7 Å². The zero-order chi connectivity index (χ0) is 20.0. The van der Waals surface area contributed by atoms with Crippen LogP contribution in [0.4, 0.5) is 0 Å². The number of nitrogens with one attached hydrogen (secondary N) is 1. The Morgan fingerprint density at radius 1 is 1.11 bits per heavy atom. The van der Waals surface area contributed by atoms with Gasteiger partial charge in [0.25, 0.3) is 5.91 Å². The highest BCUT2D eigenvalue weighted by atomic mass is 32.2. The van der Waals surface area contributed by atoms with E-state index in [0.717, 1.165) is 19.6 Å². The summed E-state index contributed by atoms with van der Waals surface area (Å²) in [7, 11) is -3.50. The number of sulfonamides is 1. The van der Waals surface area contributed by atoms with Crippen LogP contribution in [0.3, 0.4) is 0 Å². The highest BCUT2D eigenvalue weighted by Crippen LogP contribution is 2.21. The molecule has 2 rings (SSSR count). The van der Waals surface area contributed by atoms with Gasteiger partial charge in [-0.25, -0.2) is 8.42 Å². The third-order valence-electron chi connectivity index (χ3n) is 4.61. The lowest BCUT2D eigenvalue weighted by molar-refractivity contribution is -0.127. The minimum atomic E-state index is -3.50. The number of carbonyl (C=O) groups is 1. The van der Waals surface area contributed by atoms with Gasteiger partial charge in [-0.1, -0.05) is 20.8 Å².